The molecule has 2 N–H and O–H groups in total. The number of ether oxygens (including phenoxy) is 1. The van der Waals surface area contributed by atoms with Gasteiger partial charge in [0.15, 0.2) is 0 Å². The van der Waals surface area contributed by atoms with E-state index in [1.54, 1.807) is 0 Å². The van der Waals surface area contributed by atoms with E-state index in [2.05, 4.69) is 5.32 Å². The fourth-order valence-corrected chi connectivity index (χ4v) is 1.68. The Morgan fingerprint density at radius 2 is 2.33 bits per heavy atom. The highest BCUT2D eigenvalue weighted by atomic mass is 16.5. The molecule has 0 aromatic heterocycles. The van der Waals surface area contributed by atoms with Crippen molar-refractivity contribution in [2.45, 2.75) is 57.8 Å². The van der Waals surface area contributed by atoms with Gasteiger partial charge in [-0.25, -0.2) is 0 Å². The Bertz CT molecular complexity index is 208. The Labute approximate surface area is 91.0 Å². The first-order chi connectivity index (χ1) is 7.13. The summed E-state index contributed by atoms with van der Waals surface area (Å²) in [7, 11) is 0. The van der Waals surface area contributed by atoms with Crippen LogP contribution in [0.1, 0.15) is 39.5 Å². The van der Waals surface area contributed by atoms with E-state index in [1.165, 1.54) is 0 Å². The molecule has 1 aliphatic heterocycles. The highest BCUT2D eigenvalue weighted by Gasteiger charge is 2.27. The molecule has 0 aromatic rings. The van der Waals surface area contributed by atoms with Crippen molar-refractivity contribution in [3.63, 3.8) is 0 Å². The fraction of sp³-hybridized carbons (Fsp3) is 0.909. The molecule has 1 aliphatic rings. The van der Waals surface area contributed by atoms with Gasteiger partial charge in [-0.15, -0.1) is 0 Å². The van der Waals surface area contributed by atoms with E-state index in [1.807, 2.05) is 13.8 Å². The molecule has 0 aliphatic carbocycles. The van der Waals surface area contributed by atoms with E-state index in [-0.39, 0.29) is 24.2 Å². The van der Waals surface area contributed by atoms with E-state index in [0.29, 0.717) is 13.0 Å². The van der Waals surface area contributed by atoms with E-state index >= 15 is 0 Å². The summed E-state index contributed by atoms with van der Waals surface area (Å²) in [6, 6.07) is 0. The van der Waals surface area contributed by atoms with Crippen LogP contribution in [-0.2, 0) is 9.53 Å². The molecule has 4 nitrogen and oxygen atoms in total. The number of hydrogen-bond acceptors (Lipinski definition) is 3. The molecule has 0 radical (unpaired) electrons. The van der Waals surface area contributed by atoms with Crippen LogP contribution in [-0.4, -0.2) is 35.9 Å². The molecular formula is C11H21NO3. The summed E-state index contributed by atoms with van der Waals surface area (Å²) in [5.74, 6) is -0.0392. The number of amides is 1. The summed E-state index contributed by atoms with van der Waals surface area (Å²) in [6.07, 6.45) is 2.71. The van der Waals surface area contributed by atoms with Gasteiger partial charge in [-0.2, -0.15) is 0 Å². The van der Waals surface area contributed by atoms with Crippen LogP contribution < -0.4 is 5.32 Å². The lowest BCUT2D eigenvalue weighted by Crippen LogP contribution is -2.36. The summed E-state index contributed by atoms with van der Waals surface area (Å²) in [5, 5.41) is 12.1. The quantitative estimate of drug-likeness (QED) is 0.714. The molecule has 15 heavy (non-hydrogen) atoms. The third kappa shape index (κ3) is 4.18. The van der Waals surface area contributed by atoms with Gasteiger partial charge in [0.05, 0.1) is 12.2 Å². The maximum absolute atomic E-state index is 11.5. The van der Waals surface area contributed by atoms with Crippen LogP contribution in [0.2, 0.25) is 0 Å². The summed E-state index contributed by atoms with van der Waals surface area (Å²) < 4.78 is 5.43. The standard InChI is InChI=1S/C11H21NO3/c1-3-9(13)6-7-12-11(14)10-5-4-8(2)15-10/h8-10,13H,3-7H2,1-2H3,(H,12,14). The Morgan fingerprint density at radius 3 is 2.87 bits per heavy atom. The minimum Gasteiger partial charge on any atom is -0.393 e. The topological polar surface area (TPSA) is 58.6 Å². The first-order valence-electron chi connectivity index (χ1n) is 5.74. The molecule has 0 spiro atoms. The Balaban J connectivity index is 2.13. The summed E-state index contributed by atoms with van der Waals surface area (Å²) in [4.78, 5) is 11.5. The van der Waals surface area contributed by atoms with Crippen molar-refractivity contribution >= 4 is 5.91 Å². The minimum atomic E-state index is -0.311. The highest BCUT2D eigenvalue weighted by Crippen LogP contribution is 2.18. The lowest BCUT2D eigenvalue weighted by molar-refractivity contribution is -0.131. The van der Waals surface area contributed by atoms with E-state index in [9.17, 15) is 9.90 Å². The van der Waals surface area contributed by atoms with Crippen molar-refractivity contribution in [1.82, 2.24) is 5.32 Å². The van der Waals surface area contributed by atoms with E-state index in [0.717, 1.165) is 19.3 Å². The van der Waals surface area contributed by atoms with Gasteiger partial charge in [-0.1, -0.05) is 6.92 Å². The molecule has 0 saturated carbocycles. The molecule has 1 saturated heterocycles. The van der Waals surface area contributed by atoms with Gasteiger partial charge in [-0.05, 0) is 32.6 Å². The van der Waals surface area contributed by atoms with Gasteiger partial charge in [0, 0.05) is 6.54 Å². The zero-order chi connectivity index (χ0) is 11.3. The number of nitrogens with one attached hydrogen (secondary N) is 1. The number of carbonyl (C=O) groups excluding carboxylic acids is 1. The summed E-state index contributed by atoms with van der Waals surface area (Å²) in [5.41, 5.74) is 0. The first kappa shape index (κ1) is 12.5. The van der Waals surface area contributed by atoms with Gasteiger partial charge in [0.2, 0.25) is 5.91 Å². The van der Waals surface area contributed by atoms with Crippen molar-refractivity contribution in [3.05, 3.63) is 0 Å². The molecular weight excluding hydrogens is 194 g/mol. The second kappa shape index (κ2) is 6.08. The van der Waals surface area contributed by atoms with Crippen LogP contribution in [0, 0.1) is 0 Å². The molecule has 88 valence electrons. The lowest BCUT2D eigenvalue weighted by Gasteiger charge is -2.13. The number of rotatable bonds is 5. The number of hydrogen-bond donors (Lipinski definition) is 2. The van der Waals surface area contributed by atoms with Crippen LogP contribution in [0.15, 0.2) is 0 Å². The van der Waals surface area contributed by atoms with Crippen molar-refractivity contribution in [2.24, 2.45) is 0 Å². The molecule has 0 bridgehead atoms. The van der Waals surface area contributed by atoms with Crippen LogP contribution >= 0.6 is 0 Å². The predicted octanol–water partition coefficient (Wildman–Crippen LogP) is 0.831. The van der Waals surface area contributed by atoms with Crippen LogP contribution in [0.3, 0.4) is 0 Å². The molecule has 1 rings (SSSR count). The van der Waals surface area contributed by atoms with Crippen LogP contribution in [0.5, 0.6) is 0 Å². The maximum Gasteiger partial charge on any atom is 0.249 e. The normalized spacial score (nSPS) is 27.7. The average molecular weight is 215 g/mol. The molecule has 0 aromatic carbocycles. The second-order valence-corrected chi connectivity index (χ2v) is 4.15. The third-order valence-electron chi connectivity index (χ3n) is 2.77. The maximum atomic E-state index is 11.5. The Morgan fingerprint density at radius 1 is 1.60 bits per heavy atom. The van der Waals surface area contributed by atoms with Crippen molar-refractivity contribution in [1.29, 1.82) is 0 Å². The number of aliphatic hydroxyl groups is 1. The van der Waals surface area contributed by atoms with Gasteiger partial charge in [0.1, 0.15) is 6.10 Å². The summed E-state index contributed by atoms with van der Waals surface area (Å²) >= 11 is 0. The largest absolute Gasteiger partial charge is 0.393 e. The van der Waals surface area contributed by atoms with Gasteiger partial charge in [-0.3, -0.25) is 4.79 Å². The monoisotopic (exact) mass is 215 g/mol. The van der Waals surface area contributed by atoms with Crippen molar-refractivity contribution in [3.8, 4) is 0 Å². The zero-order valence-corrected chi connectivity index (χ0v) is 9.53. The Kier molecular flexibility index (Phi) is 5.05. The second-order valence-electron chi connectivity index (χ2n) is 4.15. The van der Waals surface area contributed by atoms with Gasteiger partial charge in [0.25, 0.3) is 0 Å². The minimum absolute atomic E-state index is 0.0392. The van der Waals surface area contributed by atoms with Crippen LogP contribution in [0.4, 0.5) is 0 Å². The highest BCUT2D eigenvalue weighted by molar-refractivity contribution is 5.80. The molecule has 1 heterocycles. The first-order valence-corrected chi connectivity index (χ1v) is 5.74. The van der Waals surface area contributed by atoms with Gasteiger partial charge < -0.3 is 15.2 Å². The molecule has 4 heteroatoms. The lowest BCUT2D eigenvalue weighted by atomic mass is 10.2. The zero-order valence-electron chi connectivity index (χ0n) is 9.53. The third-order valence-corrected chi connectivity index (χ3v) is 2.77. The molecule has 1 amide bonds. The van der Waals surface area contributed by atoms with E-state index < -0.39 is 0 Å². The van der Waals surface area contributed by atoms with Crippen LogP contribution in [0.25, 0.3) is 0 Å². The number of carbonyl (C=O) groups is 1. The fourth-order valence-electron chi connectivity index (χ4n) is 1.68. The predicted molar refractivity (Wildman–Crippen MR) is 57.5 cm³/mol. The Hall–Kier alpha value is -0.610. The molecule has 1 fully saturated rings. The average Bonchev–Trinajstić information content (AvgIpc) is 2.64. The van der Waals surface area contributed by atoms with E-state index in [4.69, 9.17) is 4.74 Å². The molecule has 3 unspecified atom stereocenters. The molecule has 3 atom stereocenters. The summed E-state index contributed by atoms with van der Waals surface area (Å²) in [6.45, 7) is 4.43. The van der Waals surface area contributed by atoms with Gasteiger partial charge >= 0.3 is 0 Å². The smallest absolute Gasteiger partial charge is 0.249 e. The van der Waals surface area contributed by atoms with Crippen molar-refractivity contribution in [2.75, 3.05) is 6.54 Å². The van der Waals surface area contributed by atoms with Crippen molar-refractivity contribution < 1.29 is 14.6 Å². The number of aliphatic hydroxyl groups excluding tert-OH is 1. The SMILES string of the molecule is CCC(O)CCNC(=O)C1CCC(C)O1.